The smallest absolute Gasteiger partial charge is 0.335 e. The highest BCUT2D eigenvalue weighted by molar-refractivity contribution is 5.74. The van der Waals surface area contributed by atoms with Crippen LogP contribution in [-0.4, -0.2) is 248 Å². The summed E-state index contributed by atoms with van der Waals surface area (Å²) in [7, 11) is 0. The van der Waals surface area contributed by atoms with E-state index in [0.717, 1.165) is 0 Å². The molecule has 0 saturated carbocycles. The number of hydrogen-bond acceptors (Lipinski definition) is 24. The van der Waals surface area contributed by atoms with Crippen molar-refractivity contribution in [2.45, 2.75) is 167 Å². The first-order valence-electron chi connectivity index (χ1n) is 17.3. The highest BCUT2D eigenvalue weighted by Crippen LogP contribution is 2.37. The fourth-order valence-electron chi connectivity index (χ4n) is 6.81. The van der Waals surface area contributed by atoms with Crippen LogP contribution < -0.4 is 0 Å². The van der Waals surface area contributed by atoms with E-state index in [1.165, 1.54) is 13.8 Å². The summed E-state index contributed by atoms with van der Waals surface area (Å²) in [6.07, 6.45) is -53.3. The van der Waals surface area contributed by atoms with Gasteiger partial charge in [-0.05, 0) is 13.8 Å². The number of aliphatic hydroxyl groups is 12. The lowest BCUT2D eigenvalue weighted by Gasteiger charge is -2.50. The van der Waals surface area contributed by atoms with Gasteiger partial charge in [-0.2, -0.15) is 0 Å². The lowest BCUT2D eigenvalue weighted by molar-refractivity contribution is -0.403. The highest BCUT2D eigenvalue weighted by Gasteiger charge is 2.59. The van der Waals surface area contributed by atoms with E-state index in [0.29, 0.717) is 0 Å². The van der Waals surface area contributed by atoms with Crippen molar-refractivity contribution >= 4 is 17.9 Å². The predicted octanol–water partition coefficient (Wildman–Crippen LogP) is -9.59. The Morgan fingerprint density at radius 2 is 0.719 bits per heavy atom. The van der Waals surface area contributed by atoms with Gasteiger partial charge >= 0.3 is 17.9 Å². The van der Waals surface area contributed by atoms with E-state index in [4.69, 9.17) is 42.6 Å². The first-order chi connectivity index (χ1) is 26.6. The number of carboxylic acid groups (broad SMARTS) is 3. The maximum absolute atomic E-state index is 12.8. The molecule has 5 aliphatic heterocycles. The minimum atomic E-state index is -2.47. The number of rotatable bonds is 11. The van der Waals surface area contributed by atoms with Crippen LogP contribution in [0.4, 0.5) is 0 Å². The molecule has 57 heavy (non-hydrogen) atoms. The molecular weight excluding hydrogens is 792 g/mol. The molecule has 5 fully saturated rings. The van der Waals surface area contributed by atoms with Gasteiger partial charge in [0, 0.05) is 0 Å². The van der Waals surface area contributed by atoms with Crippen molar-refractivity contribution in [3.05, 3.63) is 0 Å². The summed E-state index contributed by atoms with van der Waals surface area (Å²) in [5.41, 5.74) is 0. The molecule has 5 rings (SSSR count). The summed E-state index contributed by atoms with van der Waals surface area (Å²) < 4.78 is 48.8. The Bertz CT molecular complexity index is 1410. The minimum Gasteiger partial charge on any atom is -0.479 e. The number of hydrogen-bond donors (Lipinski definition) is 15. The Morgan fingerprint density at radius 1 is 0.351 bits per heavy atom. The molecule has 15 N–H and O–H groups in total. The van der Waals surface area contributed by atoms with Crippen molar-refractivity contribution in [3.63, 3.8) is 0 Å². The maximum atomic E-state index is 12.8. The van der Waals surface area contributed by atoms with Gasteiger partial charge in [0.2, 0.25) is 0 Å². The van der Waals surface area contributed by atoms with E-state index < -0.39 is 171 Å². The minimum absolute atomic E-state index is 1.16. The van der Waals surface area contributed by atoms with Crippen molar-refractivity contribution in [1.82, 2.24) is 0 Å². The molecule has 1 unspecified atom stereocenters. The molecule has 0 aromatic heterocycles. The zero-order valence-corrected chi connectivity index (χ0v) is 29.5. The summed E-state index contributed by atoms with van der Waals surface area (Å²) in [6, 6.07) is 0. The van der Waals surface area contributed by atoms with Crippen molar-refractivity contribution in [1.29, 1.82) is 0 Å². The molecule has 0 bridgehead atoms. The Hall–Kier alpha value is -2.43. The molecule has 0 aliphatic carbocycles. The van der Waals surface area contributed by atoms with Gasteiger partial charge in [-0.15, -0.1) is 0 Å². The molecule has 25 atom stereocenters. The molecule has 0 radical (unpaired) electrons. The number of ether oxygens (including phenoxy) is 9. The average molecular weight is 839 g/mol. The Morgan fingerprint density at radius 3 is 1.19 bits per heavy atom. The Balaban J connectivity index is 1.51. The summed E-state index contributed by atoms with van der Waals surface area (Å²) in [6.45, 7) is 2.45. The first kappa shape index (κ1) is 45.7. The molecule has 0 aromatic carbocycles. The van der Waals surface area contributed by atoms with E-state index in [-0.39, 0.29) is 0 Å². The van der Waals surface area contributed by atoms with Crippen molar-refractivity contribution in [3.8, 4) is 0 Å². The highest BCUT2D eigenvalue weighted by atomic mass is 16.8. The lowest BCUT2D eigenvalue weighted by Crippen LogP contribution is -2.69. The van der Waals surface area contributed by atoms with Gasteiger partial charge in [0.1, 0.15) is 91.6 Å². The third kappa shape index (κ3) is 9.04. The second-order valence-corrected chi connectivity index (χ2v) is 14.0. The largest absolute Gasteiger partial charge is 0.479 e. The standard InChI is InChI=1S/C30H46O27/c1-3-5(31)9(35)19(26(48)49-3)54-29-15(41)16(51-27-13(39)7(33)11(37)17(52-27)23(42)43)21(22(57-29)25(46)47)56-30-20(10(36)6(32)4(2)50-30)55-28-14(40)8(34)12(38)18(53-28)24(44)45/h3-22,26-41,48H,1-2H3,(H,42,43)(H,44,45)(H,46,47)/t3-,4-,5-,6-,7-,8-,9+,10+,11-,12+,13+,14+,15+,16+,17-,18-,19+,20+,21+,22-,26?,27+,28+,29-,30-/m0/s1. The van der Waals surface area contributed by atoms with E-state index in [2.05, 4.69) is 0 Å². The molecule has 5 heterocycles. The van der Waals surface area contributed by atoms with Gasteiger partial charge in [-0.25, -0.2) is 14.4 Å². The van der Waals surface area contributed by atoms with Crippen LogP contribution >= 0.6 is 0 Å². The normalized spacial score (nSPS) is 52.2. The molecular formula is C30H46O27. The number of aliphatic hydroxyl groups excluding tert-OH is 12. The molecule has 5 aliphatic rings. The van der Waals surface area contributed by atoms with Crippen LogP contribution in [0.15, 0.2) is 0 Å². The predicted molar refractivity (Wildman–Crippen MR) is 165 cm³/mol. The van der Waals surface area contributed by atoms with Crippen LogP contribution in [0.2, 0.25) is 0 Å². The van der Waals surface area contributed by atoms with Crippen LogP contribution in [0.3, 0.4) is 0 Å². The topological polar surface area (TPSA) is 438 Å². The van der Waals surface area contributed by atoms with Gasteiger partial charge in [-0.1, -0.05) is 0 Å². The molecule has 27 nitrogen and oxygen atoms in total. The molecule has 0 amide bonds. The number of carboxylic acids is 3. The average Bonchev–Trinajstić information content (AvgIpc) is 3.14. The number of aliphatic carboxylic acids is 3. The van der Waals surface area contributed by atoms with Gasteiger partial charge in [0.05, 0.1) is 12.2 Å². The summed E-state index contributed by atoms with van der Waals surface area (Å²) >= 11 is 0. The second kappa shape index (κ2) is 18.0. The van der Waals surface area contributed by atoms with Crippen LogP contribution in [-0.2, 0) is 57.0 Å². The Kier molecular flexibility index (Phi) is 14.5. The fraction of sp³-hybridized carbons (Fsp3) is 0.900. The van der Waals surface area contributed by atoms with Crippen LogP contribution in [0.5, 0.6) is 0 Å². The molecule has 0 spiro atoms. The SMILES string of the molecule is C[C@@H]1O[C@@H](O[C@@H]2[C@H](O[C@@H]3O[C@H](C(=O)O)[C@@H](O)[C@H](O)[C@H]3O)[C@@H](O)[C@@H](O[C@H]3C(O)O[C@@H](C)[C@H](O)[C@H]3O)O[C@@H]2C(=O)O)[C@H](O[C@H]2O[C@H](C(=O)O)[C@H](O)[C@H](O)[C@H]2O)[C@H](O)[C@H]1O. The summed E-state index contributed by atoms with van der Waals surface area (Å²) in [5.74, 6) is -5.69. The third-order valence-electron chi connectivity index (χ3n) is 10.1. The van der Waals surface area contributed by atoms with Crippen molar-refractivity contribution in [2.75, 3.05) is 0 Å². The zero-order chi connectivity index (χ0) is 42.5. The van der Waals surface area contributed by atoms with Gasteiger partial charge in [0.25, 0.3) is 0 Å². The van der Waals surface area contributed by atoms with Gasteiger partial charge in [0.15, 0.2) is 49.8 Å². The molecule has 27 heteroatoms. The Labute approximate surface area is 319 Å². The van der Waals surface area contributed by atoms with Crippen molar-refractivity contribution < 1.29 is 134 Å². The molecule has 5 saturated heterocycles. The zero-order valence-electron chi connectivity index (χ0n) is 29.5. The molecule has 328 valence electrons. The van der Waals surface area contributed by atoms with Crippen LogP contribution in [0.25, 0.3) is 0 Å². The monoisotopic (exact) mass is 838 g/mol. The second-order valence-electron chi connectivity index (χ2n) is 14.0. The third-order valence-corrected chi connectivity index (χ3v) is 10.1. The van der Waals surface area contributed by atoms with Gasteiger partial charge in [-0.3, -0.25) is 0 Å². The summed E-state index contributed by atoms with van der Waals surface area (Å²) in [5, 5.41) is 156. The summed E-state index contributed by atoms with van der Waals surface area (Å²) in [4.78, 5) is 36.3. The fourth-order valence-corrected chi connectivity index (χ4v) is 6.81. The van der Waals surface area contributed by atoms with E-state index in [9.17, 15) is 91.0 Å². The van der Waals surface area contributed by atoms with E-state index >= 15 is 0 Å². The van der Waals surface area contributed by atoms with Crippen LogP contribution in [0.1, 0.15) is 13.8 Å². The number of carbonyl (C=O) groups is 3. The maximum Gasteiger partial charge on any atom is 0.335 e. The first-order valence-corrected chi connectivity index (χ1v) is 17.3. The van der Waals surface area contributed by atoms with Crippen molar-refractivity contribution in [2.24, 2.45) is 0 Å². The lowest BCUT2D eigenvalue weighted by atomic mass is 9.95. The van der Waals surface area contributed by atoms with E-state index in [1.807, 2.05) is 0 Å². The van der Waals surface area contributed by atoms with Gasteiger partial charge < -0.3 is 119 Å². The quantitative estimate of drug-likeness (QED) is 0.0918. The van der Waals surface area contributed by atoms with E-state index in [1.54, 1.807) is 0 Å². The van der Waals surface area contributed by atoms with Crippen LogP contribution in [0, 0.1) is 0 Å². The molecule has 0 aromatic rings.